The largest absolute Gasteiger partial charge is 0.497 e. The average Bonchev–Trinajstić information content (AvgIpc) is 3.08. The lowest BCUT2D eigenvalue weighted by molar-refractivity contribution is -0.116. The Balaban J connectivity index is 1.55. The van der Waals surface area contributed by atoms with Gasteiger partial charge in [-0.25, -0.2) is 13.1 Å². The van der Waals surface area contributed by atoms with E-state index in [0.717, 1.165) is 0 Å². The molecule has 0 fully saturated rings. The first-order valence-electron chi connectivity index (χ1n) is 8.23. The van der Waals surface area contributed by atoms with Crippen LogP contribution in [-0.2, 0) is 14.8 Å². The zero-order valence-electron chi connectivity index (χ0n) is 14.9. The number of hydrogen-bond acceptors (Lipinski definition) is 6. The summed E-state index contributed by atoms with van der Waals surface area (Å²) >= 11 is 0. The Morgan fingerprint density at radius 2 is 1.93 bits per heavy atom. The molecular formula is C18H20N2O6S. The third-order valence-electron chi connectivity index (χ3n) is 3.97. The van der Waals surface area contributed by atoms with E-state index in [-0.39, 0.29) is 30.6 Å². The fourth-order valence-electron chi connectivity index (χ4n) is 2.62. The molecule has 8 nitrogen and oxygen atoms in total. The van der Waals surface area contributed by atoms with E-state index in [2.05, 4.69) is 10.0 Å². The van der Waals surface area contributed by atoms with Crippen molar-refractivity contribution >= 4 is 21.6 Å². The highest BCUT2D eigenvalue weighted by Gasteiger charge is 2.18. The number of fused-ring (bicyclic) bond motifs is 1. The molecule has 2 N–H and O–H groups in total. The van der Waals surface area contributed by atoms with Crippen LogP contribution >= 0.6 is 0 Å². The molecular weight excluding hydrogens is 372 g/mol. The number of nitrogens with one attached hydrogen (secondary N) is 2. The molecule has 0 unspecified atom stereocenters. The van der Waals surface area contributed by atoms with Crippen molar-refractivity contribution in [3.63, 3.8) is 0 Å². The Bertz CT molecular complexity index is 958. The van der Waals surface area contributed by atoms with Crippen molar-refractivity contribution < 1.29 is 27.4 Å². The maximum atomic E-state index is 12.4. The number of ether oxygens (including phenoxy) is 3. The highest BCUT2D eigenvalue weighted by Crippen LogP contribution is 2.34. The first-order valence-corrected chi connectivity index (χ1v) is 9.71. The number of hydrogen-bond donors (Lipinski definition) is 2. The van der Waals surface area contributed by atoms with Gasteiger partial charge in [-0.2, -0.15) is 0 Å². The fourth-order valence-corrected chi connectivity index (χ4v) is 3.88. The van der Waals surface area contributed by atoms with Gasteiger partial charge in [0, 0.05) is 24.7 Å². The van der Waals surface area contributed by atoms with E-state index < -0.39 is 10.0 Å². The summed E-state index contributed by atoms with van der Waals surface area (Å²) in [5, 5.41) is 2.70. The molecule has 0 aromatic heterocycles. The monoisotopic (exact) mass is 392 g/mol. The minimum atomic E-state index is -3.71. The maximum Gasteiger partial charge on any atom is 0.240 e. The second-order valence-corrected chi connectivity index (χ2v) is 7.63. The first-order chi connectivity index (χ1) is 12.9. The van der Waals surface area contributed by atoms with Gasteiger partial charge in [-0.1, -0.05) is 0 Å². The van der Waals surface area contributed by atoms with Crippen LogP contribution in [0.4, 0.5) is 5.69 Å². The SMILES string of the molecule is COc1ccc(S(=O)(=O)NCCC(=O)Nc2ccc3c(c2)OCO3)c(C)c1. The third-order valence-corrected chi connectivity index (χ3v) is 5.59. The second kappa shape index (κ2) is 7.85. The predicted octanol–water partition coefficient (Wildman–Crippen LogP) is 2.04. The molecule has 1 heterocycles. The van der Waals surface area contributed by atoms with Gasteiger partial charge in [0.05, 0.1) is 12.0 Å². The molecule has 0 atom stereocenters. The van der Waals surface area contributed by atoms with E-state index >= 15 is 0 Å². The molecule has 27 heavy (non-hydrogen) atoms. The highest BCUT2D eigenvalue weighted by atomic mass is 32.2. The average molecular weight is 392 g/mol. The molecule has 1 amide bonds. The van der Waals surface area contributed by atoms with Crippen LogP contribution in [0.1, 0.15) is 12.0 Å². The van der Waals surface area contributed by atoms with Crippen molar-refractivity contribution in [2.75, 3.05) is 25.8 Å². The van der Waals surface area contributed by atoms with E-state index in [9.17, 15) is 13.2 Å². The van der Waals surface area contributed by atoms with Crippen LogP contribution in [-0.4, -0.2) is 34.8 Å². The van der Waals surface area contributed by atoms with Crippen molar-refractivity contribution in [2.24, 2.45) is 0 Å². The summed E-state index contributed by atoms with van der Waals surface area (Å²) in [4.78, 5) is 12.2. The lowest BCUT2D eigenvalue weighted by Gasteiger charge is -2.11. The fraction of sp³-hybridized carbons (Fsp3) is 0.278. The van der Waals surface area contributed by atoms with Crippen molar-refractivity contribution in [3.05, 3.63) is 42.0 Å². The molecule has 0 aliphatic carbocycles. The summed E-state index contributed by atoms with van der Waals surface area (Å²) in [6, 6.07) is 9.74. The molecule has 0 bridgehead atoms. The number of aryl methyl sites for hydroxylation is 1. The van der Waals surface area contributed by atoms with Crippen LogP contribution in [0.2, 0.25) is 0 Å². The number of methoxy groups -OCH3 is 1. The van der Waals surface area contributed by atoms with Crippen LogP contribution < -0.4 is 24.2 Å². The lowest BCUT2D eigenvalue weighted by Crippen LogP contribution is -2.28. The standard InChI is InChI=1S/C18H20N2O6S/c1-12-9-14(24-2)4-6-17(12)27(22,23)19-8-7-18(21)20-13-3-5-15-16(10-13)26-11-25-15/h3-6,9-10,19H,7-8,11H2,1-2H3,(H,20,21). The Morgan fingerprint density at radius 3 is 2.67 bits per heavy atom. The zero-order valence-corrected chi connectivity index (χ0v) is 15.8. The van der Waals surface area contributed by atoms with Gasteiger partial charge in [0.25, 0.3) is 0 Å². The summed E-state index contributed by atoms with van der Waals surface area (Å²) in [5.74, 6) is 1.44. The summed E-state index contributed by atoms with van der Waals surface area (Å²) in [7, 11) is -2.20. The van der Waals surface area contributed by atoms with Crippen molar-refractivity contribution in [3.8, 4) is 17.2 Å². The van der Waals surface area contributed by atoms with Crippen LogP contribution in [0.5, 0.6) is 17.2 Å². The third kappa shape index (κ3) is 4.50. The number of sulfonamides is 1. The van der Waals surface area contributed by atoms with Gasteiger partial charge in [0.2, 0.25) is 22.7 Å². The van der Waals surface area contributed by atoms with Gasteiger partial charge in [0.1, 0.15) is 5.75 Å². The molecule has 144 valence electrons. The van der Waals surface area contributed by atoms with E-state index in [1.165, 1.54) is 13.2 Å². The molecule has 0 saturated heterocycles. The lowest BCUT2D eigenvalue weighted by atomic mass is 10.2. The summed E-state index contributed by atoms with van der Waals surface area (Å²) in [5.41, 5.74) is 1.12. The van der Waals surface area contributed by atoms with Gasteiger partial charge in [-0.05, 0) is 42.8 Å². The number of rotatable bonds is 7. The van der Waals surface area contributed by atoms with Gasteiger partial charge in [-0.3, -0.25) is 4.79 Å². The van der Waals surface area contributed by atoms with Gasteiger partial charge < -0.3 is 19.5 Å². The number of anilines is 1. The van der Waals surface area contributed by atoms with E-state index in [0.29, 0.717) is 28.5 Å². The number of amides is 1. The molecule has 2 aromatic rings. The number of carbonyl (C=O) groups is 1. The van der Waals surface area contributed by atoms with E-state index in [1.54, 1.807) is 37.3 Å². The van der Waals surface area contributed by atoms with Crippen molar-refractivity contribution in [1.29, 1.82) is 0 Å². The molecule has 9 heteroatoms. The van der Waals surface area contributed by atoms with Crippen molar-refractivity contribution in [1.82, 2.24) is 4.72 Å². The summed E-state index contributed by atoms with van der Waals surface area (Å²) in [6.07, 6.45) is -0.0110. The second-order valence-electron chi connectivity index (χ2n) is 5.90. The molecule has 1 aliphatic heterocycles. The van der Waals surface area contributed by atoms with Crippen LogP contribution in [0, 0.1) is 6.92 Å². The normalized spacial score (nSPS) is 12.7. The van der Waals surface area contributed by atoms with Crippen LogP contribution in [0.15, 0.2) is 41.3 Å². The quantitative estimate of drug-likeness (QED) is 0.748. The maximum absolute atomic E-state index is 12.4. The topological polar surface area (TPSA) is 103 Å². The van der Waals surface area contributed by atoms with Gasteiger partial charge in [-0.15, -0.1) is 0 Å². The molecule has 0 spiro atoms. The highest BCUT2D eigenvalue weighted by molar-refractivity contribution is 7.89. The molecule has 0 radical (unpaired) electrons. The Labute approximate surface area is 157 Å². The molecule has 0 saturated carbocycles. The first kappa shape index (κ1) is 19.0. The van der Waals surface area contributed by atoms with Gasteiger partial charge in [0.15, 0.2) is 11.5 Å². The predicted molar refractivity (Wildman–Crippen MR) is 98.7 cm³/mol. The van der Waals surface area contributed by atoms with E-state index in [4.69, 9.17) is 14.2 Å². The van der Waals surface area contributed by atoms with Gasteiger partial charge >= 0.3 is 0 Å². The molecule has 1 aliphatic rings. The van der Waals surface area contributed by atoms with Crippen LogP contribution in [0.3, 0.4) is 0 Å². The Hall–Kier alpha value is -2.78. The summed E-state index contributed by atoms with van der Waals surface area (Å²) in [6.45, 7) is 1.81. The summed E-state index contributed by atoms with van der Waals surface area (Å²) < 4.78 is 42.8. The Kier molecular flexibility index (Phi) is 5.52. The number of benzene rings is 2. The molecule has 3 rings (SSSR count). The Morgan fingerprint density at radius 1 is 1.15 bits per heavy atom. The molecule has 2 aromatic carbocycles. The minimum Gasteiger partial charge on any atom is -0.497 e. The minimum absolute atomic E-state index is 0.0110. The van der Waals surface area contributed by atoms with E-state index in [1.807, 2.05) is 0 Å². The zero-order chi connectivity index (χ0) is 19.4. The number of carbonyl (C=O) groups excluding carboxylic acids is 1. The smallest absolute Gasteiger partial charge is 0.240 e. The van der Waals surface area contributed by atoms with Crippen molar-refractivity contribution in [2.45, 2.75) is 18.2 Å². The van der Waals surface area contributed by atoms with Crippen LogP contribution in [0.25, 0.3) is 0 Å².